The Hall–Kier alpha value is -1.84. The van der Waals surface area contributed by atoms with Crippen LogP contribution in [-0.2, 0) is 20.7 Å². The molecule has 23 heavy (non-hydrogen) atoms. The molecule has 1 aliphatic rings. The number of benzene rings is 1. The largest absolute Gasteiger partial charge is 0.464 e. The van der Waals surface area contributed by atoms with Gasteiger partial charge in [0.1, 0.15) is 6.04 Å². The molecule has 0 aliphatic carbocycles. The SMILES string of the molecule is CCOC(=O)C1C(C)CCCN1C(=O)Cc1ccc(C)cc1C. The quantitative estimate of drug-likeness (QED) is 0.802. The predicted molar refractivity (Wildman–Crippen MR) is 90.2 cm³/mol. The Morgan fingerprint density at radius 3 is 2.70 bits per heavy atom. The number of piperidine rings is 1. The van der Waals surface area contributed by atoms with Gasteiger partial charge in [-0.05, 0) is 50.7 Å². The lowest BCUT2D eigenvalue weighted by atomic mass is 9.90. The van der Waals surface area contributed by atoms with E-state index in [2.05, 4.69) is 6.07 Å². The summed E-state index contributed by atoms with van der Waals surface area (Å²) in [6.07, 6.45) is 2.24. The van der Waals surface area contributed by atoms with Gasteiger partial charge in [0.05, 0.1) is 13.0 Å². The van der Waals surface area contributed by atoms with Crippen LogP contribution in [0.2, 0.25) is 0 Å². The maximum Gasteiger partial charge on any atom is 0.329 e. The van der Waals surface area contributed by atoms with E-state index in [0.29, 0.717) is 19.6 Å². The Labute approximate surface area is 138 Å². The number of likely N-dealkylation sites (tertiary alicyclic amines) is 1. The van der Waals surface area contributed by atoms with E-state index >= 15 is 0 Å². The first-order valence-electron chi connectivity index (χ1n) is 8.46. The van der Waals surface area contributed by atoms with Gasteiger partial charge in [-0.25, -0.2) is 4.79 Å². The maximum atomic E-state index is 12.8. The summed E-state index contributed by atoms with van der Waals surface area (Å²) in [5, 5.41) is 0. The fourth-order valence-corrected chi connectivity index (χ4v) is 3.36. The van der Waals surface area contributed by atoms with Gasteiger partial charge >= 0.3 is 5.97 Å². The number of carbonyl (C=O) groups excluding carboxylic acids is 2. The summed E-state index contributed by atoms with van der Waals surface area (Å²) in [6.45, 7) is 8.88. The molecule has 4 heteroatoms. The number of nitrogens with zero attached hydrogens (tertiary/aromatic N) is 1. The Morgan fingerprint density at radius 2 is 2.04 bits per heavy atom. The minimum atomic E-state index is -0.443. The minimum absolute atomic E-state index is 0.0153. The smallest absolute Gasteiger partial charge is 0.329 e. The van der Waals surface area contributed by atoms with E-state index in [-0.39, 0.29) is 17.8 Å². The van der Waals surface area contributed by atoms with Gasteiger partial charge in [-0.15, -0.1) is 0 Å². The highest BCUT2D eigenvalue weighted by molar-refractivity contribution is 5.86. The van der Waals surface area contributed by atoms with Gasteiger partial charge < -0.3 is 9.64 Å². The van der Waals surface area contributed by atoms with Crippen molar-refractivity contribution in [3.63, 3.8) is 0 Å². The van der Waals surface area contributed by atoms with Crippen LogP contribution in [0.5, 0.6) is 0 Å². The molecule has 0 saturated carbocycles. The fraction of sp³-hybridized carbons (Fsp3) is 0.579. The lowest BCUT2D eigenvalue weighted by Crippen LogP contribution is -2.53. The van der Waals surface area contributed by atoms with Crippen molar-refractivity contribution in [3.8, 4) is 0 Å². The molecule has 1 aromatic rings. The monoisotopic (exact) mass is 317 g/mol. The lowest BCUT2D eigenvalue weighted by molar-refractivity contribution is -0.159. The highest BCUT2D eigenvalue weighted by atomic mass is 16.5. The Morgan fingerprint density at radius 1 is 1.30 bits per heavy atom. The zero-order valence-electron chi connectivity index (χ0n) is 14.6. The van der Waals surface area contributed by atoms with Crippen molar-refractivity contribution in [2.75, 3.05) is 13.2 Å². The Bertz CT molecular complexity index is 582. The fourth-order valence-electron chi connectivity index (χ4n) is 3.36. The standard InChI is InChI=1S/C19H27NO3/c1-5-23-19(22)18-14(3)7-6-10-20(18)17(21)12-16-9-8-13(2)11-15(16)4/h8-9,11,14,18H,5-7,10,12H2,1-4H3. The third-order valence-electron chi connectivity index (χ3n) is 4.62. The van der Waals surface area contributed by atoms with Crippen molar-refractivity contribution < 1.29 is 14.3 Å². The topological polar surface area (TPSA) is 46.6 Å². The Balaban J connectivity index is 2.16. The van der Waals surface area contributed by atoms with E-state index in [1.165, 1.54) is 5.56 Å². The van der Waals surface area contributed by atoms with E-state index < -0.39 is 6.04 Å². The molecule has 126 valence electrons. The molecule has 1 aliphatic heterocycles. The van der Waals surface area contributed by atoms with Crippen molar-refractivity contribution in [2.45, 2.75) is 53.0 Å². The second kappa shape index (κ2) is 7.62. The Kier molecular flexibility index (Phi) is 5.80. The van der Waals surface area contributed by atoms with Crippen LogP contribution in [0.3, 0.4) is 0 Å². The van der Waals surface area contributed by atoms with Gasteiger partial charge in [0.2, 0.25) is 5.91 Å². The van der Waals surface area contributed by atoms with E-state index in [0.717, 1.165) is 24.0 Å². The van der Waals surface area contributed by atoms with Gasteiger partial charge in [0.25, 0.3) is 0 Å². The van der Waals surface area contributed by atoms with Crippen LogP contribution < -0.4 is 0 Å². The van der Waals surface area contributed by atoms with Gasteiger partial charge in [-0.3, -0.25) is 4.79 Å². The molecule has 1 heterocycles. The zero-order chi connectivity index (χ0) is 17.0. The highest BCUT2D eigenvalue weighted by Gasteiger charge is 2.37. The van der Waals surface area contributed by atoms with E-state index in [4.69, 9.17) is 4.74 Å². The molecule has 2 unspecified atom stereocenters. The van der Waals surface area contributed by atoms with Crippen LogP contribution >= 0.6 is 0 Å². The molecule has 0 radical (unpaired) electrons. The second-order valence-corrected chi connectivity index (χ2v) is 6.51. The van der Waals surface area contributed by atoms with Gasteiger partial charge in [0, 0.05) is 6.54 Å². The third kappa shape index (κ3) is 4.12. The number of ether oxygens (including phenoxy) is 1. The number of hydrogen-bond acceptors (Lipinski definition) is 3. The van der Waals surface area contributed by atoms with Crippen molar-refractivity contribution in [3.05, 3.63) is 34.9 Å². The number of esters is 1. The van der Waals surface area contributed by atoms with E-state index in [1.54, 1.807) is 11.8 Å². The summed E-state index contributed by atoms with van der Waals surface area (Å²) < 4.78 is 5.19. The second-order valence-electron chi connectivity index (χ2n) is 6.51. The summed E-state index contributed by atoms with van der Waals surface area (Å²) >= 11 is 0. The average molecular weight is 317 g/mol. The first-order chi connectivity index (χ1) is 10.9. The zero-order valence-corrected chi connectivity index (χ0v) is 14.6. The maximum absolute atomic E-state index is 12.8. The van der Waals surface area contributed by atoms with E-state index in [1.807, 2.05) is 32.9 Å². The van der Waals surface area contributed by atoms with Gasteiger partial charge in [0.15, 0.2) is 0 Å². The van der Waals surface area contributed by atoms with Crippen LogP contribution in [0.25, 0.3) is 0 Å². The van der Waals surface area contributed by atoms with Crippen molar-refractivity contribution in [2.24, 2.45) is 5.92 Å². The summed E-state index contributed by atoms with van der Waals surface area (Å²) in [4.78, 5) is 26.8. The normalized spacial score (nSPS) is 21.1. The molecule has 1 fully saturated rings. The molecular weight excluding hydrogens is 290 g/mol. The third-order valence-corrected chi connectivity index (χ3v) is 4.62. The molecule has 0 aromatic heterocycles. The van der Waals surface area contributed by atoms with Crippen molar-refractivity contribution in [1.82, 2.24) is 4.90 Å². The van der Waals surface area contributed by atoms with Crippen LogP contribution in [0, 0.1) is 19.8 Å². The lowest BCUT2D eigenvalue weighted by Gasteiger charge is -2.38. The molecule has 1 saturated heterocycles. The number of aryl methyl sites for hydroxylation is 2. The molecule has 0 spiro atoms. The summed E-state index contributed by atoms with van der Waals surface area (Å²) in [5.74, 6) is -0.110. The summed E-state index contributed by atoms with van der Waals surface area (Å²) in [6, 6.07) is 5.68. The summed E-state index contributed by atoms with van der Waals surface area (Å²) in [5.41, 5.74) is 3.34. The molecular formula is C19H27NO3. The highest BCUT2D eigenvalue weighted by Crippen LogP contribution is 2.25. The van der Waals surface area contributed by atoms with Crippen LogP contribution in [0.4, 0.5) is 0 Å². The van der Waals surface area contributed by atoms with E-state index in [9.17, 15) is 9.59 Å². The molecule has 0 bridgehead atoms. The first-order valence-corrected chi connectivity index (χ1v) is 8.46. The van der Waals surface area contributed by atoms with Crippen molar-refractivity contribution >= 4 is 11.9 Å². The average Bonchev–Trinajstić information content (AvgIpc) is 2.49. The van der Waals surface area contributed by atoms with Gasteiger partial charge in [-0.1, -0.05) is 30.7 Å². The van der Waals surface area contributed by atoms with Crippen LogP contribution in [0.15, 0.2) is 18.2 Å². The number of amides is 1. The van der Waals surface area contributed by atoms with Crippen molar-refractivity contribution in [1.29, 1.82) is 0 Å². The number of rotatable bonds is 4. The molecule has 2 rings (SSSR count). The molecule has 0 N–H and O–H groups in total. The molecule has 1 amide bonds. The predicted octanol–water partition coefficient (Wildman–Crippen LogP) is 3.04. The first kappa shape index (κ1) is 17.5. The minimum Gasteiger partial charge on any atom is -0.464 e. The number of carbonyl (C=O) groups is 2. The number of hydrogen-bond donors (Lipinski definition) is 0. The van der Waals surface area contributed by atoms with Crippen LogP contribution in [0.1, 0.15) is 43.4 Å². The molecule has 2 atom stereocenters. The summed E-state index contributed by atoms with van der Waals surface area (Å²) in [7, 11) is 0. The molecule has 4 nitrogen and oxygen atoms in total. The van der Waals surface area contributed by atoms with Gasteiger partial charge in [-0.2, -0.15) is 0 Å². The molecule has 1 aromatic carbocycles. The van der Waals surface area contributed by atoms with Crippen LogP contribution in [-0.4, -0.2) is 36.0 Å².